The van der Waals surface area contributed by atoms with Crippen LogP contribution in [0.25, 0.3) is 0 Å². The summed E-state index contributed by atoms with van der Waals surface area (Å²) in [5, 5.41) is 3.53. The maximum Gasteiger partial charge on any atom is 0.251 e. The third-order valence-electron chi connectivity index (χ3n) is 4.16. The summed E-state index contributed by atoms with van der Waals surface area (Å²) in [6.45, 7) is 6.98. The Bertz CT molecular complexity index is 572. The average molecular weight is 323 g/mol. The van der Waals surface area contributed by atoms with Crippen LogP contribution in [0.15, 0.2) is 18.2 Å². The Kier molecular flexibility index (Phi) is 5.46. The summed E-state index contributed by atoms with van der Waals surface area (Å²) in [4.78, 5) is 25.6. The third kappa shape index (κ3) is 3.80. The van der Waals surface area contributed by atoms with Crippen molar-refractivity contribution in [3.63, 3.8) is 0 Å². The quantitative estimate of drug-likeness (QED) is 0.925. The lowest BCUT2D eigenvalue weighted by Crippen LogP contribution is -2.42. The normalized spacial score (nSPS) is 17.9. The van der Waals surface area contributed by atoms with Crippen LogP contribution in [0.5, 0.6) is 0 Å². The van der Waals surface area contributed by atoms with Crippen molar-refractivity contribution < 1.29 is 9.59 Å². The van der Waals surface area contributed by atoms with Gasteiger partial charge in [-0.2, -0.15) is 0 Å². The highest BCUT2D eigenvalue weighted by atomic mass is 35.5. The van der Waals surface area contributed by atoms with E-state index in [1.54, 1.807) is 19.1 Å². The van der Waals surface area contributed by atoms with Gasteiger partial charge in [0.25, 0.3) is 5.91 Å². The van der Waals surface area contributed by atoms with E-state index in [2.05, 4.69) is 19.2 Å². The fraction of sp³-hybridized carbons (Fsp3) is 0.529. The molecule has 4 nitrogen and oxygen atoms in total. The smallest absolute Gasteiger partial charge is 0.251 e. The molecule has 0 aliphatic carbocycles. The Hall–Kier alpha value is -1.55. The lowest BCUT2D eigenvalue weighted by atomic mass is 10.0. The maximum atomic E-state index is 12.2. The van der Waals surface area contributed by atoms with Crippen LogP contribution in [0.3, 0.4) is 0 Å². The van der Waals surface area contributed by atoms with Crippen LogP contribution in [0, 0.1) is 0 Å². The van der Waals surface area contributed by atoms with Gasteiger partial charge in [0.15, 0.2) is 0 Å². The molecule has 1 atom stereocenters. The lowest BCUT2D eigenvalue weighted by molar-refractivity contribution is -0.129. The van der Waals surface area contributed by atoms with Gasteiger partial charge in [0, 0.05) is 36.6 Å². The third-order valence-corrected chi connectivity index (χ3v) is 4.49. The number of carbonyl (C=O) groups is 2. The molecule has 22 heavy (non-hydrogen) atoms. The molecular weight excluding hydrogens is 300 g/mol. The molecule has 0 bridgehead atoms. The van der Waals surface area contributed by atoms with Crippen LogP contribution < -0.4 is 5.32 Å². The second kappa shape index (κ2) is 7.14. The van der Waals surface area contributed by atoms with Crippen molar-refractivity contribution >= 4 is 23.4 Å². The Labute approximate surface area is 136 Å². The van der Waals surface area contributed by atoms with E-state index in [-0.39, 0.29) is 17.9 Å². The summed E-state index contributed by atoms with van der Waals surface area (Å²) in [6.07, 6.45) is 1.93. The summed E-state index contributed by atoms with van der Waals surface area (Å²) < 4.78 is 0. The molecule has 0 spiro atoms. The highest BCUT2D eigenvalue weighted by Gasteiger charge is 2.26. The molecule has 0 saturated carbocycles. The van der Waals surface area contributed by atoms with E-state index in [1.807, 2.05) is 11.0 Å². The Balaban J connectivity index is 1.98. The molecule has 0 aromatic heterocycles. The molecule has 1 aliphatic heterocycles. The zero-order valence-corrected chi connectivity index (χ0v) is 14.1. The average Bonchev–Trinajstić information content (AvgIpc) is 2.92. The molecule has 2 rings (SSSR count). The number of hydrogen-bond donors (Lipinski definition) is 1. The number of nitrogens with zero attached hydrogens (tertiary/aromatic N) is 1. The van der Waals surface area contributed by atoms with Crippen molar-refractivity contribution in [1.29, 1.82) is 0 Å². The molecule has 5 heteroatoms. The van der Waals surface area contributed by atoms with Gasteiger partial charge in [-0.05, 0) is 36.5 Å². The first-order chi connectivity index (χ1) is 10.4. The van der Waals surface area contributed by atoms with Crippen molar-refractivity contribution in [2.45, 2.75) is 45.6 Å². The Morgan fingerprint density at radius 2 is 2.14 bits per heavy atom. The van der Waals surface area contributed by atoms with Crippen LogP contribution in [0.4, 0.5) is 0 Å². The highest BCUT2D eigenvalue weighted by Crippen LogP contribution is 2.25. The topological polar surface area (TPSA) is 49.4 Å². The number of amides is 2. The van der Waals surface area contributed by atoms with Crippen LogP contribution in [0.1, 0.15) is 55.5 Å². The maximum absolute atomic E-state index is 12.2. The molecule has 0 radical (unpaired) electrons. The first-order valence-corrected chi connectivity index (χ1v) is 8.12. The van der Waals surface area contributed by atoms with Gasteiger partial charge >= 0.3 is 0 Å². The van der Waals surface area contributed by atoms with Crippen molar-refractivity contribution in [1.82, 2.24) is 10.2 Å². The number of hydrogen-bond acceptors (Lipinski definition) is 2. The molecular formula is C17H23ClN2O2. The summed E-state index contributed by atoms with van der Waals surface area (Å²) in [5.41, 5.74) is 1.60. The number of halogens is 1. The predicted molar refractivity (Wildman–Crippen MR) is 88.3 cm³/mol. The zero-order chi connectivity index (χ0) is 16.3. The van der Waals surface area contributed by atoms with E-state index in [4.69, 9.17) is 11.6 Å². The van der Waals surface area contributed by atoms with Gasteiger partial charge in [0.1, 0.15) is 0 Å². The fourth-order valence-corrected chi connectivity index (χ4v) is 3.31. The van der Waals surface area contributed by atoms with Crippen LogP contribution in [0.2, 0.25) is 5.02 Å². The van der Waals surface area contributed by atoms with Crippen LogP contribution >= 0.6 is 11.6 Å². The van der Waals surface area contributed by atoms with Gasteiger partial charge in [-0.15, -0.1) is 0 Å². The van der Waals surface area contributed by atoms with E-state index < -0.39 is 0 Å². The van der Waals surface area contributed by atoms with Crippen molar-refractivity contribution in [2.75, 3.05) is 13.1 Å². The minimum Gasteiger partial charge on any atom is -0.350 e. The number of rotatable bonds is 4. The Morgan fingerprint density at radius 3 is 2.73 bits per heavy atom. The summed E-state index contributed by atoms with van der Waals surface area (Å²) in [7, 11) is 0. The largest absolute Gasteiger partial charge is 0.350 e. The molecule has 120 valence electrons. The standard InChI is InChI=1S/C17H23ClN2O2/c1-11(2)15-7-6-13(9-16(15)18)17(22)19-10-14-5-4-8-20(14)12(3)21/h6-7,9,11,14H,4-5,8,10H2,1-3H3,(H,19,22)/t14-/m0/s1. The van der Waals surface area contributed by atoms with Gasteiger partial charge in [0.2, 0.25) is 5.91 Å². The van der Waals surface area contributed by atoms with Crippen LogP contribution in [-0.2, 0) is 4.79 Å². The van der Waals surface area contributed by atoms with Gasteiger partial charge in [-0.3, -0.25) is 9.59 Å². The second-order valence-corrected chi connectivity index (χ2v) is 6.52. The molecule has 2 amide bonds. The van der Waals surface area contributed by atoms with Crippen molar-refractivity contribution in [3.05, 3.63) is 34.3 Å². The van der Waals surface area contributed by atoms with Crippen molar-refractivity contribution in [3.8, 4) is 0 Å². The summed E-state index contributed by atoms with van der Waals surface area (Å²) in [5.74, 6) is 0.251. The lowest BCUT2D eigenvalue weighted by Gasteiger charge is -2.23. The minimum atomic E-state index is -0.146. The summed E-state index contributed by atoms with van der Waals surface area (Å²) in [6, 6.07) is 5.52. The second-order valence-electron chi connectivity index (χ2n) is 6.11. The van der Waals surface area contributed by atoms with Gasteiger partial charge in [-0.1, -0.05) is 31.5 Å². The van der Waals surface area contributed by atoms with Crippen LogP contribution in [-0.4, -0.2) is 35.8 Å². The highest BCUT2D eigenvalue weighted by molar-refractivity contribution is 6.31. The van der Waals surface area contributed by atoms with Gasteiger partial charge in [0.05, 0.1) is 0 Å². The zero-order valence-electron chi connectivity index (χ0n) is 13.4. The van der Waals surface area contributed by atoms with E-state index in [1.165, 1.54) is 0 Å². The van der Waals surface area contributed by atoms with E-state index in [9.17, 15) is 9.59 Å². The molecule has 1 N–H and O–H groups in total. The molecule has 1 saturated heterocycles. The monoisotopic (exact) mass is 322 g/mol. The first kappa shape index (κ1) is 16.8. The number of likely N-dealkylation sites (tertiary alicyclic amines) is 1. The Morgan fingerprint density at radius 1 is 1.41 bits per heavy atom. The van der Waals surface area contributed by atoms with Gasteiger partial charge in [-0.25, -0.2) is 0 Å². The van der Waals surface area contributed by atoms with Crippen molar-refractivity contribution in [2.24, 2.45) is 0 Å². The number of nitrogens with one attached hydrogen (secondary N) is 1. The van der Waals surface area contributed by atoms with Gasteiger partial charge < -0.3 is 10.2 Å². The molecule has 1 aromatic rings. The van der Waals surface area contributed by atoms with E-state index >= 15 is 0 Å². The molecule has 1 aromatic carbocycles. The molecule has 1 aliphatic rings. The number of benzene rings is 1. The number of carbonyl (C=O) groups excluding carboxylic acids is 2. The minimum absolute atomic E-state index is 0.0704. The van der Waals surface area contributed by atoms with E-state index in [0.29, 0.717) is 23.0 Å². The molecule has 1 fully saturated rings. The van der Waals surface area contributed by atoms with E-state index in [0.717, 1.165) is 24.9 Å². The fourth-order valence-electron chi connectivity index (χ4n) is 2.91. The predicted octanol–water partition coefficient (Wildman–Crippen LogP) is 3.20. The summed E-state index contributed by atoms with van der Waals surface area (Å²) >= 11 is 6.23. The SMILES string of the molecule is CC(=O)N1CCC[C@H]1CNC(=O)c1ccc(C(C)C)c(Cl)c1. The molecule has 0 unspecified atom stereocenters. The first-order valence-electron chi connectivity index (χ1n) is 7.75. The molecule has 1 heterocycles.